The van der Waals surface area contributed by atoms with Crippen molar-refractivity contribution in [3.63, 3.8) is 0 Å². The molecule has 1 atom stereocenters. The molecule has 0 unspecified atom stereocenters. The average Bonchev–Trinajstić information content (AvgIpc) is 3.10. The first kappa shape index (κ1) is 18.8. The highest BCUT2D eigenvalue weighted by atomic mass is 32.2. The van der Waals surface area contributed by atoms with Crippen molar-refractivity contribution in [1.29, 1.82) is 0 Å². The summed E-state index contributed by atoms with van der Waals surface area (Å²) in [4.78, 5) is 24.1. The van der Waals surface area contributed by atoms with E-state index < -0.39 is 5.25 Å². The lowest BCUT2D eigenvalue weighted by Crippen LogP contribution is -2.23. The molecule has 0 aliphatic carbocycles. The van der Waals surface area contributed by atoms with Gasteiger partial charge in [-0.05, 0) is 44.5 Å². The molecule has 0 saturated carbocycles. The number of aryl methyl sites for hydroxylation is 1. The van der Waals surface area contributed by atoms with E-state index in [1.807, 2.05) is 42.7 Å². The van der Waals surface area contributed by atoms with Crippen LogP contribution in [0.25, 0.3) is 5.69 Å². The number of hydrogen-bond donors (Lipinski definition) is 1. The monoisotopic (exact) mass is 380 g/mol. The molecule has 7 heteroatoms. The van der Waals surface area contributed by atoms with Crippen LogP contribution in [0, 0.1) is 6.92 Å². The van der Waals surface area contributed by atoms with E-state index in [1.54, 1.807) is 30.6 Å². The number of Topliss-reactive ketones (excluding diaryl/α,β-unsaturated/α-hetero) is 1. The van der Waals surface area contributed by atoms with Gasteiger partial charge in [-0.25, -0.2) is 0 Å². The lowest BCUT2D eigenvalue weighted by atomic mass is 10.1. The SMILES string of the molecule is CC(=O)c1cccc(NC(=O)[C@@H](C)Sc2nncn2-c2ccccc2C)c1. The molecular formula is C20H20N4O2S. The fraction of sp³-hybridized carbons (Fsp3) is 0.200. The molecule has 1 amide bonds. The van der Waals surface area contributed by atoms with Crippen LogP contribution in [0.4, 0.5) is 5.69 Å². The van der Waals surface area contributed by atoms with E-state index in [2.05, 4.69) is 15.5 Å². The second-order valence-corrected chi connectivity index (χ2v) is 7.46. The minimum Gasteiger partial charge on any atom is -0.325 e. The van der Waals surface area contributed by atoms with Crippen LogP contribution in [0.3, 0.4) is 0 Å². The van der Waals surface area contributed by atoms with E-state index in [4.69, 9.17) is 0 Å². The zero-order valence-corrected chi connectivity index (χ0v) is 16.2. The number of para-hydroxylation sites is 1. The zero-order chi connectivity index (χ0) is 19.4. The number of rotatable bonds is 6. The number of nitrogens with one attached hydrogen (secondary N) is 1. The van der Waals surface area contributed by atoms with E-state index >= 15 is 0 Å². The molecule has 0 bridgehead atoms. The number of aromatic nitrogens is 3. The second kappa shape index (κ2) is 8.18. The first-order valence-electron chi connectivity index (χ1n) is 8.50. The fourth-order valence-corrected chi connectivity index (χ4v) is 3.41. The summed E-state index contributed by atoms with van der Waals surface area (Å²) in [6.45, 7) is 5.32. The van der Waals surface area contributed by atoms with Gasteiger partial charge in [-0.2, -0.15) is 0 Å². The summed E-state index contributed by atoms with van der Waals surface area (Å²) in [6.07, 6.45) is 1.64. The molecular weight excluding hydrogens is 360 g/mol. The van der Waals surface area contributed by atoms with Gasteiger partial charge in [0.1, 0.15) is 6.33 Å². The Labute approximate surface area is 162 Å². The summed E-state index contributed by atoms with van der Waals surface area (Å²) in [7, 11) is 0. The molecule has 0 aliphatic heterocycles. The number of benzene rings is 2. The predicted molar refractivity (Wildman–Crippen MR) is 106 cm³/mol. The van der Waals surface area contributed by atoms with Gasteiger partial charge in [0, 0.05) is 11.3 Å². The van der Waals surface area contributed by atoms with Gasteiger partial charge in [-0.3, -0.25) is 14.2 Å². The van der Waals surface area contributed by atoms with Crippen molar-refractivity contribution in [2.45, 2.75) is 31.2 Å². The maximum absolute atomic E-state index is 12.6. The molecule has 3 aromatic rings. The van der Waals surface area contributed by atoms with Gasteiger partial charge < -0.3 is 5.32 Å². The Morgan fingerprint density at radius 2 is 1.93 bits per heavy atom. The molecule has 1 heterocycles. The minimum absolute atomic E-state index is 0.0418. The number of carbonyl (C=O) groups is 2. The zero-order valence-electron chi connectivity index (χ0n) is 15.3. The quantitative estimate of drug-likeness (QED) is 0.518. The lowest BCUT2D eigenvalue weighted by Gasteiger charge is -2.13. The highest BCUT2D eigenvalue weighted by molar-refractivity contribution is 8.00. The van der Waals surface area contributed by atoms with Crippen molar-refractivity contribution in [3.05, 3.63) is 66.0 Å². The molecule has 27 heavy (non-hydrogen) atoms. The van der Waals surface area contributed by atoms with Gasteiger partial charge >= 0.3 is 0 Å². The fourth-order valence-electron chi connectivity index (χ4n) is 2.58. The summed E-state index contributed by atoms with van der Waals surface area (Å²) in [5, 5.41) is 11.2. The summed E-state index contributed by atoms with van der Waals surface area (Å²) >= 11 is 1.33. The first-order chi connectivity index (χ1) is 13.0. The highest BCUT2D eigenvalue weighted by Gasteiger charge is 2.19. The first-order valence-corrected chi connectivity index (χ1v) is 9.38. The van der Waals surface area contributed by atoms with Crippen LogP contribution < -0.4 is 5.32 Å². The Bertz CT molecular complexity index is 983. The second-order valence-electron chi connectivity index (χ2n) is 6.16. The molecule has 2 aromatic carbocycles. The lowest BCUT2D eigenvalue weighted by molar-refractivity contribution is -0.115. The van der Waals surface area contributed by atoms with Crippen molar-refractivity contribution in [3.8, 4) is 5.69 Å². The van der Waals surface area contributed by atoms with Crippen LogP contribution in [0.5, 0.6) is 0 Å². The molecule has 0 fully saturated rings. The van der Waals surface area contributed by atoms with Crippen LogP contribution >= 0.6 is 11.8 Å². The van der Waals surface area contributed by atoms with Gasteiger partial charge in [0.2, 0.25) is 5.91 Å². The molecule has 6 nitrogen and oxygen atoms in total. The third-order valence-electron chi connectivity index (χ3n) is 4.08. The molecule has 0 aliphatic rings. The van der Waals surface area contributed by atoms with E-state index in [0.717, 1.165) is 11.3 Å². The van der Waals surface area contributed by atoms with Crippen LogP contribution in [-0.4, -0.2) is 31.7 Å². The topological polar surface area (TPSA) is 76.9 Å². The molecule has 0 radical (unpaired) electrons. The molecule has 138 valence electrons. The van der Waals surface area contributed by atoms with Crippen LogP contribution in [0.2, 0.25) is 0 Å². The number of carbonyl (C=O) groups excluding carboxylic acids is 2. The largest absolute Gasteiger partial charge is 0.325 e. The third kappa shape index (κ3) is 4.43. The molecule has 3 rings (SSSR count). The standard InChI is InChI=1S/C20H20N4O2S/c1-13-7-4-5-10-18(13)24-12-21-23-20(24)27-15(3)19(26)22-17-9-6-8-16(11-17)14(2)25/h4-12,15H,1-3H3,(H,22,26)/t15-/m1/s1. The van der Waals surface area contributed by atoms with Crippen LogP contribution in [0.15, 0.2) is 60.0 Å². The summed E-state index contributed by atoms with van der Waals surface area (Å²) in [6, 6.07) is 14.8. The summed E-state index contributed by atoms with van der Waals surface area (Å²) < 4.78 is 1.88. The van der Waals surface area contributed by atoms with Gasteiger partial charge in [0.15, 0.2) is 10.9 Å². The van der Waals surface area contributed by atoms with Crippen LogP contribution in [-0.2, 0) is 4.79 Å². The number of amides is 1. The summed E-state index contributed by atoms with van der Waals surface area (Å²) in [5.41, 5.74) is 3.23. The van der Waals surface area contributed by atoms with Crippen LogP contribution in [0.1, 0.15) is 29.8 Å². The Morgan fingerprint density at radius 3 is 2.67 bits per heavy atom. The molecule has 0 saturated heterocycles. The minimum atomic E-state index is -0.391. The number of thioether (sulfide) groups is 1. The van der Waals surface area contributed by atoms with E-state index in [9.17, 15) is 9.59 Å². The van der Waals surface area contributed by atoms with Crippen molar-refractivity contribution in [2.75, 3.05) is 5.32 Å². The maximum Gasteiger partial charge on any atom is 0.237 e. The molecule has 1 N–H and O–H groups in total. The Morgan fingerprint density at radius 1 is 1.15 bits per heavy atom. The Hall–Kier alpha value is -2.93. The normalized spacial score (nSPS) is 11.8. The van der Waals surface area contributed by atoms with Crippen molar-refractivity contribution < 1.29 is 9.59 Å². The van der Waals surface area contributed by atoms with Crippen molar-refractivity contribution >= 4 is 29.1 Å². The van der Waals surface area contributed by atoms with Gasteiger partial charge in [0.25, 0.3) is 0 Å². The maximum atomic E-state index is 12.6. The van der Waals surface area contributed by atoms with Gasteiger partial charge in [0.05, 0.1) is 10.9 Å². The smallest absolute Gasteiger partial charge is 0.237 e. The van der Waals surface area contributed by atoms with Gasteiger partial charge in [-0.1, -0.05) is 42.1 Å². The third-order valence-corrected chi connectivity index (χ3v) is 5.14. The van der Waals surface area contributed by atoms with Gasteiger partial charge in [-0.15, -0.1) is 10.2 Å². The van der Waals surface area contributed by atoms with E-state index in [1.165, 1.54) is 18.7 Å². The Balaban J connectivity index is 1.73. The molecule has 0 spiro atoms. The van der Waals surface area contributed by atoms with Crippen molar-refractivity contribution in [1.82, 2.24) is 14.8 Å². The Kier molecular flexibility index (Phi) is 5.71. The van der Waals surface area contributed by atoms with E-state index in [-0.39, 0.29) is 11.7 Å². The predicted octanol–water partition coefficient (Wildman–Crippen LogP) is 3.90. The number of ketones is 1. The highest BCUT2D eigenvalue weighted by Crippen LogP contribution is 2.26. The summed E-state index contributed by atoms with van der Waals surface area (Å²) in [5.74, 6) is -0.208. The number of hydrogen-bond acceptors (Lipinski definition) is 5. The number of nitrogens with zero attached hydrogens (tertiary/aromatic N) is 3. The van der Waals surface area contributed by atoms with E-state index in [0.29, 0.717) is 16.4 Å². The number of anilines is 1. The molecule has 1 aromatic heterocycles. The van der Waals surface area contributed by atoms with Crippen molar-refractivity contribution in [2.24, 2.45) is 0 Å². The average molecular weight is 380 g/mol.